The van der Waals surface area contributed by atoms with Gasteiger partial charge in [-0.05, 0) is 67.4 Å². The normalized spacial score (nSPS) is 13.6. The summed E-state index contributed by atoms with van der Waals surface area (Å²) in [4.78, 5) is 56.9. The van der Waals surface area contributed by atoms with Crippen LogP contribution in [0.4, 0.5) is 10.5 Å². The fourth-order valence-corrected chi connectivity index (χ4v) is 11.1. The van der Waals surface area contributed by atoms with Crippen molar-refractivity contribution in [1.29, 1.82) is 0 Å². The summed E-state index contributed by atoms with van der Waals surface area (Å²) in [6.45, 7) is 12.7. The fourth-order valence-electron chi connectivity index (χ4n) is 5.77. The zero-order valence-corrected chi connectivity index (χ0v) is 33.1. The molecule has 14 heteroatoms. The quantitative estimate of drug-likeness (QED) is 0.110. The number of carbonyl (C=O) groups is 4. The van der Waals surface area contributed by atoms with Crippen LogP contribution < -0.4 is 26.3 Å². The van der Waals surface area contributed by atoms with Crippen molar-refractivity contribution in [2.24, 2.45) is 0 Å². The van der Waals surface area contributed by atoms with E-state index in [-0.39, 0.29) is 12.3 Å². The third-order valence-electron chi connectivity index (χ3n) is 8.25. The number of anilines is 1. The molecule has 3 amide bonds. The number of ether oxygens (including phenoxy) is 2. The van der Waals surface area contributed by atoms with E-state index in [1.165, 1.54) is 18.3 Å². The standard InChI is InChI=1S/C39H48N4O8SSi/c1-25(44)32(36(47)49-8)43-33(45)30(23-50-53(39(5,6)7,28-15-11-9-12-16-28)29-17-13-10-14-18-29)41-34(46)31-24-52-35(42-31)26-19-21-27(22-20-26)40-37(48)51-38(2,3)4/h9-22,24-25,30,32,44H,23H2,1-8H3,(H,40,48)(H,41,46)(H,43,45)/t25-,30+,32+/m1/s1. The average molecular weight is 761 g/mol. The molecule has 1 aromatic heterocycles. The number of thiazole rings is 1. The lowest BCUT2D eigenvalue weighted by atomic mass is 10.1. The monoisotopic (exact) mass is 760 g/mol. The molecule has 0 saturated carbocycles. The van der Waals surface area contributed by atoms with Gasteiger partial charge in [0.15, 0.2) is 6.04 Å². The number of rotatable bonds is 13. The maximum absolute atomic E-state index is 13.9. The molecule has 4 aromatic rings. The first-order valence-corrected chi connectivity index (χ1v) is 19.9. The number of amides is 3. The second-order valence-electron chi connectivity index (χ2n) is 14.5. The maximum atomic E-state index is 13.9. The van der Waals surface area contributed by atoms with E-state index in [0.717, 1.165) is 17.5 Å². The highest BCUT2D eigenvalue weighted by atomic mass is 32.1. The minimum atomic E-state index is -3.17. The number of nitrogens with zero attached hydrogens (tertiary/aromatic N) is 1. The molecule has 4 N–H and O–H groups in total. The summed E-state index contributed by atoms with van der Waals surface area (Å²) < 4.78 is 17.1. The van der Waals surface area contributed by atoms with Crippen molar-refractivity contribution in [2.75, 3.05) is 19.0 Å². The first-order valence-electron chi connectivity index (χ1n) is 17.1. The van der Waals surface area contributed by atoms with E-state index in [0.29, 0.717) is 16.3 Å². The van der Waals surface area contributed by atoms with Crippen LogP contribution in [-0.4, -0.2) is 79.8 Å². The van der Waals surface area contributed by atoms with Gasteiger partial charge < -0.3 is 29.6 Å². The van der Waals surface area contributed by atoms with Crippen LogP contribution in [0.25, 0.3) is 10.6 Å². The van der Waals surface area contributed by atoms with Crippen LogP contribution in [0, 0.1) is 0 Å². The van der Waals surface area contributed by atoms with Crippen molar-refractivity contribution in [3.63, 3.8) is 0 Å². The van der Waals surface area contributed by atoms with Gasteiger partial charge in [-0.15, -0.1) is 11.3 Å². The Hall–Kier alpha value is -4.89. The van der Waals surface area contributed by atoms with Gasteiger partial charge in [0.1, 0.15) is 22.3 Å². The number of benzene rings is 3. The summed E-state index contributed by atoms with van der Waals surface area (Å²) in [5.41, 5.74) is 0.639. The summed E-state index contributed by atoms with van der Waals surface area (Å²) in [6, 6.07) is 23.9. The molecule has 0 aliphatic heterocycles. The summed E-state index contributed by atoms with van der Waals surface area (Å²) in [7, 11) is -2.01. The number of methoxy groups -OCH3 is 1. The van der Waals surface area contributed by atoms with E-state index in [2.05, 4.69) is 41.7 Å². The second kappa shape index (κ2) is 17.3. The van der Waals surface area contributed by atoms with E-state index < -0.39 is 61.0 Å². The van der Waals surface area contributed by atoms with E-state index in [1.807, 2.05) is 60.7 Å². The predicted octanol–water partition coefficient (Wildman–Crippen LogP) is 4.87. The van der Waals surface area contributed by atoms with Gasteiger partial charge in [-0.3, -0.25) is 14.9 Å². The van der Waals surface area contributed by atoms with Gasteiger partial charge in [-0.1, -0.05) is 81.4 Å². The molecule has 0 aliphatic rings. The highest BCUT2D eigenvalue weighted by molar-refractivity contribution is 7.13. The molecule has 12 nitrogen and oxygen atoms in total. The van der Waals surface area contributed by atoms with Crippen molar-refractivity contribution in [1.82, 2.24) is 15.6 Å². The van der Waals surface area contributed by atoms with Gasteiger partial charge in [-0.2, -0.15) is 0 Å². The molecular formula is C39H48N4O8SSi. The molecule has 0 aliphatic carbocycles. The Labute approximate surface area is 315 Å². The number of aliphatic hydroxyl groups is 1. The lowest BCUT2D eigenvalue weighted by Crippen LogP contribution is -2.68. The first-order chi connectivity index (χ1) is 24.9. The number of aromatic nitrogens is 1. The Balaban J connectivity index is 1.63. The van der Waals surface area contributed by atoms with Crippen LogP contribution in [0.2, 0.25) is 5.04 Å². The van der Waals surface area contributed by atoms with Crippen molar-refractivity contribution in [3.8, 4) is 10.6 Å². The number of esters is 1. The van der Waals surface area contributed by atoms with Gasteiger partial charge in [0.25, 0.3) is 14.2 Å². The molecule has 0 spiro atoms. The van der Waals surface area contributed by atoms with E-state index in [4.69, 9.17) is 13.9 Å². The Morgan fingerprint density at radius 2 is 1.42 bits per heavy atom. The van der Waals surface area contributed by atoms with Gasteiger partial charge in [-0.25, -0.2) is 14.6 Å². The van der Waals surface area contributed by atoms with Crippen molar-refractivity contribution in [3.05, 3.63) is 96.0 Å². The van der Waals surface area contributed by atoms with Crippen molar-refractivity contribution >= 4 is 59.6 Å². The fraction of sp³-hybridized carbons (Fsp3) is 0.359. The van der Waals surface area contributed by atoms with Crippen LogP contribution in [0.3, 0.4) is 0 Å². The summed E-state index contributed by atoms with van der Waals surface area (Å²) in [5, 5.41) is 21.9. The third kappa shape index (κ3) is 10.4. The molecule has 4 rings (SSSR count). The molecular weight excluding hydrogens is 713 g/mol. The minimum absolute atomic E-state index is 0.0595. The number of nitrogens with one attached hydrogen (secondary N) is 3. The average Bonchev–Trinajstić information content (AvgIpc) is 3.60. The molecule has 0 bridgehead atoms. The molecule has 0 fully saturated rings. The molecule has 3 atom stereocenters. The molecule has 282 valence electrons. The van der Waals surface area contributed by atoms with Crippen LogP contribution in [0.15, 0.2) is 90.3 Å². The van der Waals surface area contributed by atoms with Gasteiger partial charge in [0.2, 0.25) is 5.91 Å². The topological polar surface area (TPSA) is 165 Å². The predicted molar refractivity (Wildman–Crippen MR) is 208 cm³/mol. The van der Waals surface area contributed by atoms with Crippen LogP contribution >= 0.6 is 11.3 Å². The summed E-state index contributed by atoms with van der Waals surface area (Å²) >= 11 is 1.23. The largest absolute Gasteiger partial charge is 0.467 e. The van der Waals surface area contributed by atoms with Crippen LogP contribution in [0.1, 0.15) is 59.0 Å². The Morgan fingerprint density at radius 1 is 0.849 bits per heavy atom. The van der Waals surface area contributed by atoms with Gasteiger partial charge in [0.05, 0.1) is 19.8 Å². The molecule has 0 radical (unpaired) electrons. The SMILES string of the molecule is COC(=O)[C@@H](NC(=O)[C@H](CO[Si](c1ccccc1)(c1ccccc1)C(C)(C)C)NC(=O)c1csc(-c2ccc(NC(=O)OC(C)(C)C)cc2)n1)[C@@H](C)O. The number of hydrogen-bond acceptors (Lipinski definition) is 10. The number of aliphatic hydroxyl groups excluding tert-OH is 1. The Morgan fingerprint density at radius 3 is 1.91 bits per heavy atom. The third-order valence-corrected chi connectivity index (χ3v) is 14.2. The Bertz CT molecular complexity index is 1820. The highest BCUT2D eigenvalue weighted by Crippen LogP contribution is 2.37. The van der Waals surface area contributed by atoms with Gasteiger partial charge >= 0.3 is 12.1 Å². The van der Waals surface area contributed by atoms with Crippen molar-refractivity contribution < 1.29 is 38.2 Å². The molecule has 1 heterocycles. The van der Waals surface area contributed by atoms with E-state index in [9.17, 15) is 24.3 Å². The maximum Gasteiger partial charge on any atom is 0.412 e. The van der Waals surface area contributed by atoms with Crippen molar-refractivity contribution in [2.45, 2.75) is 77.3 Å². The molecule has 0 unspecified atom stereocenters. The zero-order valence-electron chi connectivity index (χ0n) is 31.3. The van der Waals surface area contributed by atoms with Crippen LogP contribution in [-0.2, 0) is 23.5 Å². The zero-order chi connectivity index (χ0) is 39.0. The lowest BCUT2D eigenvalue weighted by Gasteiger charge is -2.43. The highest BCUT2D eigenvalue weighted by Gasteiger charge is 2.51. The number of carbonyl (C=O) groups excluding carboxylic acids is 4. The van der Waals surface area contributed by atoms with E-state index in [1.54, 1.807) is 50.4 Å². The minimum Gasteiger partial charge on any atom is -0.467 e. The van der Waals surface area contributed by atoms with Gasteiger partial charge in [0, 0.05) is 16.6 Å². The first kappa shape index (κ1) is 40.9. The second-order valence-corrected chi connectivity index (χ2v) is 19.7. The summed E-state index contributed by atoms with van der Waals surface area (Å²) in [5.74, 6) is -2.24. The number of hydrogen-bond donors (Lipinski definition) is 4. The molecule has 0 saturated heterocycles. The lowest BCUT2D eigenvalue weighted by molar-refractivity contribution is -0.148. The van der Waals surface area contributed by atoms with E-state index >= 15 is 0 Å². The Kier molecular flexibility index (Phi) is 13.3. The molecule has 3 aromatic carbocycles. The summed E-state index contributed by atoms with van der Waals surface area (Å²) in [6.07, 6.45) is -1.87. The molecule has 53 heavy (non-hydrogen) atoms. The van der Waals surface area contributed by atoms with Crippen LogP contribution in [0.5, 0.6) is 0 Å². The smallest absolute Gasteiger partial charge is 0.412 e.